The maximum absolute atomic E-state index is 14.0. The summed E-state index contributed by atoms with van der Waals surface area (Å²) in [7, 11) is 0. The summed E-state index contributed by atoms with van der Waals surface area (Å²) in [6, 6.07) is 5.50. The third kappa shape index (κ3) is 3.24. The van der Waals surface area contributed by atoms with E-state index in [4.69, 9.17) is 11.6 Å². The van der Waals surface area contributed by atoms with Gasteiger partial charge in [-0.25, -0.2) is 4.39 Å². The lowest BCUT2D eigenvalue weighted by Crippen LogP contribution is -2.37. The minimum Gasteiger partial charge on any atom is -0.313 e. The number of hydrogen-bond acceptors (Lipinski definition) is 1. The second-order valence-electron chi connectivity index (χ2n) is 5.12. The Labute approximate surface area is 114 Å². The lowest BCUT2D eigenvalue weighted by atomic mass is 9.79. The van der Waals surface area contributed by atoms with Crippen molar-refractivity contribution in [3.8, 4) is 0 Å². The molecular formula is C15H21ClFN. The second-order valence-corrected chi connectivity index (χ2v) is 5.55. The van der Waals surface area contributed by atoms with E-state index in [1.54, 1.807) is 6.07 Å². The van der Waals surface area contributed by atoms with Crippen LogP contribution in [0.3, 0.4) is 0 Å². The van der Waals surface area contributed by atoms with Crippen LogP contribution in [0.2, 0.25) is 5.02 Å². The van der Waals surface area contributed by atoms with Gasteiger partial charge in [0, 0.05) is 17.0 Å². The van der Waals surface area contributed by atoms with Gasteiger partial charge in [-0.15, -0.1) is 0 Å². The van der Waals surface area contributed by atoms with Gasteiger partial charge in [-0.05, 0) is 43.5 Å². The second kappa shape index (κ2) is 6.53. The molecule has 0 aromatic heterocycles. The molecule has 0 saturated heterocycles. The van der Waals surface area contributed by atoms with Gasteiger partial charge in [-0.1, -0.05) is 37.4 Å². The molecule has 1 aromatic rings. The zero-order chi connectivity index (χ0) is 13.0. The van der Waals surface area contributed by atoms with Crippen LogP contribution in [-0.4, -0.2) is 12.6 Å². The van der Waals surface area contributed by atoms with Crippen molar-refractivity contribution in [2.45, 2.75) is 51.0 Å². The van der Waals surface area contributed by atoms with E-state index in [2.05, 4.69) is 12.2 Å². The van der Waals surface area contributed by atoms with Crippen LogP contribution in [-0.2, 0) is 0 Å². The number of hydrogen-bond donors (Lipinski definition) is 1. The number of halogens is 2. The normalized spacial score (nSPS) is 24.2. The first-order valence-electron chi connectivity index (χ1n) is 6.90. The summed E-state index contributed by atoms with van der Waals surface area (Å²) in [6.07, 6.45) is 5.77. The highest BCUT2D eigenvalue weighted by Gasteiger charge is 2.27. The molecule has 1 nitrogen and oxygen atoms in total. The molecule has 2 unspecified atom stereocenters. The summed E-state index contributed by atoms with van der Waals surface area (Å²) in [5.41, 5.74) is 0.827. The molecule has 1 aliphatic carbocycles. The lowest BCUT2D eigenvalue weighted by molar-refractivity contribution is 0.322. The van der Waals surface area contributed by atoms with Gasteiger partial charge < -0.3 is 5.32 Å². The Morgan fingerprint density at radius 2 is 2.11 bits per heavy atom. The van der Waals surface area contributed by atoms with Gasteiger partial charge in [0.15, 0.2) is 0 Å². The van der Waals surface area contributed by atoms with E-state index in [1.165, 1.54) is 18.9 Å². The quantitative estimate of drug-likeness (QED) is 0.848. The molecule has 2 rings (SSSR count). The third-order valence-electron chi connectivity index (χ3n) is 3.78. The molecule has 0 aliphatic heterocycles. The predicted octanol–water partition coefficient (Wildman–Crippen LogP) is 4.50. The van der Waals surface area contributed by atoms with Gasteiger partial charge in [0.05, 0.1) is 0 Å². The van der Waals surface area contributed by atoms with Gasteiger partial charge in [0.1, 0.15) is 5.82 Å². The van der Waals surface area contributed by atoms with Crippen LogP contribution in [0.5, 0.6) is 0 Å². The van der Waals surface area contributed by atoms with Crippen LogP contribution >= 0.6 is 11.6 Å². The highest BCUT2D eigenvalue weighted by atomic mass is 35.5. The molecule has 18 heavy (non-hydrogen) atoms. The molecule has 0 heterocycles. The van der Waals surface area contributed by atoms with Crippen molar-refractivity contribution in [3.05, 3.63) is 34.6 Å². The van der Waals surface area contributed by atoms with Crippen LogP contribution < -0.4 is 5.32 Å². The molecule has 1 aromatic carbocycles. The average molecular weight is 270 g/mol. The third-order valence-corrected chi connectivity index (χ3v) is 4.02. The highest BCUT2D eigenvalue weighted by molar-refractivity contribution is 6.30. The summed E-state index contributed by atoms with van der Waals surface area (Å²) >= 11 is 5.82. The van der Waals surface area contributed by atoms with Crippen molar-refractivity contribution in [2.24, 2.45) is 0 Å². The van der Waals surface area contributed by atoms with E-state index in [-0.39, 0.29) is 5.82 Å². The summed E-state index contributed by atoms with van der Waals surface area (Å²) < 4.78 is 14.0. The SMILES string of the molecule is CCCNC1CCCCC1c1ccc(Cl)cc1F. The van der Waals surface area contributed by atoms with E-state index < -0.39 is 0 Å². The zero-order valence-corrected chi connectivity index (χ0v) is 11.6. The molecule has 0 spiro atoms. The minimum absolute atomic E-state index is 0.155. The first-order valence-corrected chi connectivity index (χ1v) is 7.28. The fourth-order valence-corrected chi connectivity index (χ4v) is 3.04. The Hall–Kier alpha value is -0.600. The summed E-state index contributed by atoms with van der Waals surface area (Å²) in [6.45, 7) is 3.17. The fourth-order valence-electron chi connectivity index (χ4n) is 2.88. The molecule has 1 saturated carbocycles. The maximum Gasteiger partial charge on any atom is 0.128 e. The lowest BCUT2D eigenvalue weighted by Gasteiger charge is -2.33. The monoisotopic (exact) mass is 269 g/mol. The first-order chi connectivity index (χ1) is 8.72. The first kappa shape index (κ1) is 13.8. The number of nitrogens with one attached hydrogen (secondary N) is 1. The molecular weight excluding hydrogens is 249 g/mol. The van der Waals surface area contributed by atoms with Crippen LogP contribution in [0.15, 0.2) is 18.2 Å². The van der Waals surface area contributed by atoms with Crippen LogP contribution in [0.4, 0.5) is 4.39 Å². The Kier molecular flexibility index (Phi) is 5.02. The predicted molar refractivity (Wildman–Crippen MR) is 74.7 cm³/mol. The van der Waals surface area contributed by atoms with Crippen LogP contribution in [0.1, 0.15) is 50.5 Å². The highest BCUT2D eigenvalue weighted by Crippen LogP contribution is 2.35. The summed E-state index contributed by atoms with van der Waals surface area (Å²) in [5.74, 6) is 0.139. The summed E-state index contributed by atoms with van der Waals surface area (Å²) in [5, 5.41) is 4.04. The largest absolute Gasteiger partial charge is 0.313 e. The smallest absolute Gasteiger partial charge is 0.128 e. The Balaban J connectivity index is 2.16. The minimum atomic E-state index is -0.155. The van der Waals surface area contributed by atoms with Crippen molar-refractivity contribution in [3.63, 3.8) is 0 Å². The molecule has 3 heteroatoms. The van der Waals surface area contributed by atoms with Crippen molar-refractivity contribution in [2.75, 3.05) is 6.54 Å². The molecule has 0 radical (unpaired) electrons. The molecule has 2 atom stereocenters. The van der Waals surface area contributed by atoms with Crippen molar-refractivity contribution >= 4 is 11.6 Å². The van der Waals surface area contributed by atoms with E-state index in [0.717, 1.165) is 31.4 Å². The van der Waals surface area contributed by atoms with Gasteiger partial charge in [0.2, 0.25) is 0 Å². The van der Waals surface area contributed by atoms with Crippen molar-refractivity contribution in [1.82, 2.24) is 5.32 Å². The molecule has 1 fully saturated rings. The average Bonchev–Trinajstić information content (AvgIpc) is 2.37. The van der Waals surface area contributed by atoms with Gasteiger partial charge >= 0.3 is 0 Å². The Morgan fingerprint density at radius 1 is 1.33 bits per heavy atom. The molecule has 100 valence electrons. The number of rotatable bonds is 4. The van der Waals surface area contributed by atoms with Crippen LogP contribution in [0, 0.1) is 5.82 Å². The van der Waals surface area contributed by atoms with Gasteiger partial charge in [0.25, 0.3) is 0 Å². The van der Waals surface area contributed by atoms with E-state index in [9.17, 15) is 4.39 Å². The van der Waals surface area contributed by atoms with E-state index in [0.29, 0.717) is 17.0 Å². The standard InChI is InChI=1S/C15H21ClFN/c1-2-9-18-15-6-4-3-5-13(15)12-8-7-11(16)10-14(12)17/h7-8,10,13,15,18H,2-6,9H2,1H3. The molecule has 1 aliphatic rings. The molecule has 0 amide bonds. The van der Waals surface area contributed by atoms with Crippen LogP contribution in [0.25, 0.3) is 0 Å². The number of benzene rings is 1. The topological polar surface area (TPSA) is 12.0 Å². The molecule has 0 bridgehead atoms. The van der Waals surface area contributed by atoms with Gasteiger partial charge in [-0.2, -0.15) is 0 Å². The Bertz CT molecular complexity index is 394. The Morgan fingerprint density at radius 3 is 2.83 bits per heavy atom. The fraction of sp³-hybridized carbons (Fsp3) is 0.600. The molecule has 1 N–H and O–H groups in total. The maximum atomic E-state index is 14.0. The zero-order valence-electron chi connectivity index (χ0n) is 10.9. The van der Waals surface area contributed by atoms with Gasteiger partial charge in [-0.3, -0.25) is 0 Å². The van der Waals surface area contributed by atoms with E-state index >= 15 is 0 Å². The van der Waals surface area contributed by atoms with Crippen molar-refractivity contribution in [1.29, 1.82) is 0 Å². The summed E-state index contributed by atoms with van der Waals surface area (Å²) in [4.78, 5) is 0. The van der Waals surface area contributed by atoms with E-state index in [1.807, 2.05) is 6.07 Å². The van der Waals surface area contributed by atoms with Crippen molar-refractivity contribution < 1.29 is 4.39 Å².